The Hall–Kier alpha value is -2.57. The number of benzene rings is 1. The number of fused-ring (bicyclic) bond motifs is 7. The molecular formula is C21H20N4O2. The van der Waals surface area contributed by atoms with Crippen molar-refractivity contribution >= 4 is 11.0 Å². The molecule has 136 valence electrons. The monoisotopic (exact) mass is 360 g/mol. The highest BCUT2D eigenvalue weighted by Gasteiger charge is 2.43. The van der Waals surface area contributed by atoms with Gasteiger partial charge in [0.05, 0.1) is 23.3 Å². The predicted octanol–water partition coefficient (Wildman–Crippen LogP) is 3.15. The number of likely N-dealkylation sites (tertiary alicyclic amines) is 1. The molecule has 1 N–H and O–H groups in total. The van der Waals surface area contributed by atoms with Crippen molar-refractivity contribution in [2.75, 3.05) is 13.1 Å². The maximum Gasteiger partial charge on any atom is 0.144 e. The molecule has 2 aromatic heterocycles. The van der Waals surface area contributed by atoms with Crippen LogP contribution in [0, 0.1) is 6.92 Å². The van der Waals surface area contributed by atoms with E-state index in [1.54, 1.807) is 12.4 Å². The Morgan fingerprint density at radius 2 is 1.70 bits per heavy atom. The van der Waals surface area contributed by atoms with E-state index in [1.807, 2.05) is 13.1 Å². The van der Waals surface area contributed by atoms with Crippen LogP contribution in [0.5, 0.6) is 5.75 Å². The highest BCUT2D eigenvalue weighted by molar-refractivity contribution is 5.77. The van der Waals surface area contributed by atoms with Crippen molar-refractivity contribution in [1.29, 1.82) is 0 Å². The van der Waals surface area contributed by atoms with Crippen molar-refractivity contribution in [2.45, 2.75) is 38.0 Å². The molecular weight excluding hydrogens is 340 g/mol. The van der Waals surface area contributed by atoms with Crippen LogP contribution in [0.2, 0.25) is 0 Å². The summed E-state index contributed by atoms with van der Waals surface area (Å²) in [6, 6.07) is 4.45. The number of aromatic nitrogens is 3. The summed E-state index contributed by atoms with van der Waals surface area (Å²) in [6.07, 6.45) is 6.33. The van der Waals surface area contributed by atoms with Gasteiger partial charge in [0, 0.05) is 42.8 Å². The van der Waals surface area contributed by atoms with Crippen LogP contribution in [0.3, 0.4) is 0 Å². The molecule has 27 heavy (non-hydrogen) atoms. The molecule has 3 aromatic rings. The normalized spacial score (nSPS) is 26.3. The van der Waals surface area contributed by atoms with Crippen molar-refractivity contribution in [3.63, 3.8) is 0 Å². The largest absolute Gasteiger partial charge is 0.506 e. The molecule has 0 amide bonds. The molecule has 0 radical (unpaired) electrons. The molecule has 0 saturated carbocycles. The smallest absolute Gasteiger partial charge is 0.144 e. The van der Waals surface area contributed by atoms with Gasteiger partial charge in [-0.3, -0.25) is 19.9 Å². The number of ether oxygens (including phenoxy) is 1. The van der Waals surface area contributed by atoms with Crippen molar-refractivity contribution in [1.82, 2.24) is 19.9 Å². The molecule has 4 heterocycles. The Labute approximate surface area is 156 Å². The zero-order valence-electron chi connectivity index (χ0n) is 15.1. The molecule has 0 spiro atoms. The van der Waals surface area contributed by atoms with Gasteiger partial charge in [-0.05, 0) is 48.4 Å². The van der Waals surface area contributed by atoms with E-state index in [0.717, 1.165) is 35.2 Å². The average molecular weight is 360 g/mol. The van der Waals surface area contributed by atoms with Crippen LogP contribution < -0.4 is 0 Å². The molecule has 1 aromatic carbocycles. The second-order valence-corrected chi connectivity index (χ2v) is 7.90. The van der Waals surface area contributed by atoms with Crippen LogP contribution in [0.15, 0.2) is 30.7 Å². The first kappa shape index (κ1) is 15.5. The average Bonchev–Trinajstić information content (AvgIpc) is 3.23. The van der Waals surface area contributed by atoms with E-state index < -0.39 is 0 Å². The zero-order chi connectivity index (χ0) is 18.1. The first-order valence-electron chi connectivity index (χ1n) is 9.46. The first-order chi connectivity index (χ1) is 13.2. The molecule has 2 bridgehead atoms. The first-order valence-corrected chi connectivity index (χ1v) is 9.46. The number of hydrogen-bond donors (Lipinski definition) is 1. The fourth-order valence-electron chi connectivity index (χ4n) is 5.11. The molecule has 6 heteroatoms. The van der Waals surface area contributed by atoms with E-state index in [9.17, 15) is 5.11 Å². The molecule has 2 aliphatic heterocycles. The highest BCUT2D eigenvalue weighted by atomic mass is 16.5. The maximum absolute atomic E-state index is 10.6. The molecule has 3 unspecified atom stereocenters. The third kappa shape index (κ3) is 2.17. The molecule has 6 rings (SSSR count). The summed E-state index contributed by atoms with van der Waals surface area (Å²) >= 11 is 0. The van der Waals surface area contributed by atoms with Gasteiger partial charge in [0.2, 0.25) is 0 Å². The molecule has 1 saturated heterocycles. The van der Waals surface area contributed by atoms with E-state index in [4.69, 9.17) is 4.74 Å². The number of nitrogens with zero attached hydrogens (tertiary/aromatic N) is 4. The molecule has 1 aliphatic carbocycles. The van der Waals surface area contributed by atoms with Gasteiger partial charge < -0.3 is 9.84 Å². The molecule has 3 aliphatic rings. The number of aryl methyl sites for hydroxylation is 1. The standard InChI is InChI=1S/C21H20N4O2/c1-11-20(26)19-14(7-24-11)10-27-21(19)25-8-12-4-13(9-25)16-6-18-17(5-15(12)16)22-2-3-23-18/h2-3,5-7,12-13,21,26H,4,8-10H2,1H3. The lowest BCUT2D eigenvalue weighted by atomic mass is 9.94. The van der Waals surface area contributed by atoms with Gasteiger partial charge in [-0.25, -0.2) is 0 Å². The van der Waals surface area contributed by atoms with E-state index in [1.165, 1.54) is 17.5 Å². The van der Waals surface area contributed by atoms with Gasteiger partial charge in [0.1, 0.15) is 12.0 Å². The second-order valence-electron chi connectivity index (χ2n) is 7.90. The third-order valence-electron chi connectivity index (χ3n) is 6.37. The minimum absolute atomic E-state index is 0.188. The van der Waals surface area contributed by atoms with Gasteiger partial charge in [-0.15, -0.1) is 0 Å². The summed E-state index contributed by atoms with van der Waals surface area (Å²) in [7, 11) is 0. The van der Waals surface area contributed by atoms with E-state index in [0.29, 0.717) is 24.1 Å². The minimum atomic E-state index is -0.188. The van der Waals surface area contributed by atoms with Gasteiger partial charge in [-0.2, -0.15) is 0 Å². The Morgan fingerprint density at radius 1 is 1.04 bits per heavy atom. The minimum Gasteiger partial charge on any atom is -0.506 e. The molecule has 1 fully saturated rings. The van der Waals surface area contributed by atoms with E-state index >= 15 is 0 Å². The van der Waals surface area contributed by atoms with Crippen LogP contribution in [-0.2, 0) is 11.3 Å². The van der Waals surface area contributed by atoms with Crippen LogP contribution in [0.1, 0.15) is 52.4 Å². The van der Waals surface area contributed by atoms with Crippen molar-refractivity contribution in [2.24, 2.45) is 0 Å². The van der Waals surface area contributed by atoms with Crippen molar-refractivity contribution in [3.05, 3.63) is 58.7 Å². The summed E-state index contributed by atoms with van der Waals surface area (Å²) in [5.74, 6) is 1.23. The summed E-state index contributed by atoms with van der Waals surface area (Å²) in [6.45, 7) is 4.21. The third-order valence-corrected chi connectivity index (χ3v) is 6.37. The van der Waals surface area contributed by atoms with Crippen LogP contribution in [-0.4, -0.2) is 38.0 Å². The maximum atomic E-state index is 10.6. The SMILES string of the molecule is Cc1ncc2c(c1O)C(N1CC3CC(C1)c1cc4nccnc4cc13)OC2. The van der Waals surface area contributed by atoms with E-state index in [2.05, 4.69) is 32.0 Å². The summed E-state index contributed by atoms with van der Waals surface area (Å²) in [5.41, 5.74) is 7.32. The number of rotatable bonds is 1. The number of piperidine rings is 1. The van der Waals surface area contributed by atoms with Gasteiger partial charge in [-0.1, -0.05) is 0 Å². The van der Waals surface area contributed by atoms with Gasteiger partial charge >= 0.3 is 0 Å². The lowest BCUT2D eigenvalue weighted by Gasteiger charge is -2.36. The quantitative estimate of drug-likeness (QED) is 0.719. The lowest BCUT2D eigenvalue weighted by Crippen LogP contribution is -2.37. The Kier molecular flexibility index (Phi) is 3.14. The van der Waals surface area contributed by atoms with Crippen LogP contribution >= 0.6 is 0 Å². The van der Waals surface area contributed by atoms with Gasteiger partial charge in [0.25, 0.3) is 0 Å². The second kappa shape index (κ2) is 5.47. The Balaban J connectivity index is 1.38. The fourth-order valence-corrected chi connectivity index (χ4v) is 5.11. The van der Waals surface area contributed by atoms with Crippen LogP contribution in [0.25, 0.3) is 11.0 Å². The summed E-state index contributed by atoms with van der Waals surface area (Å²) in [5, 5.41) is 10.6. The number of hydrogen-bond acceptors (Lipinski definition) is 6. The van der Waals surface area contributed by atoms with Crippen molar-refractivity contribution in [3.8, 4) is 5.75 Å². The molecule has 3 atom stereocenters. The van der Waals surface area contributed by atoms with Gasteiger partial charge in [0.15, 0.2) is 0 Å². The van der Waals surface area contributed by atoms with E-state index in [-0.39, 0.29) is 12.0 Å². The Bertz CT molecular complexity index is 1030. The lowest BCUT2D eigenvalue weighted by molar-refractivity contribution is -0.0650. The number of pyridine rings is 1. The zero-order valence-corrected chi connectivity index (χ0v) is 15.1. The molecule has 6 nitrogen and oxygen atoms in total. The topological polar surface area (TPSA) is 71.4 Å². The predicted molar refractivity (Wildman–Crippen MR) is 99.4 cm³/mol. The fraction of sp³-hybridized carbons (Fsp3) is 0.381. The van der Waals surface area contributed by atoms with Crippen molar-refractivity contribution < 1.29 is 9.84 Å². The highest BCUT2D eigenvalue weighted by Crippen LogP contribution is 2.50. The van der Waals surface area contributed by atoms with Crippen LogP contribution in [0.4, 0.5) is 0 Å². The number of aromatic hydroxyl groups is 1. The Morgan fingerprint density at radius 3 is 2.37 bits per heavy atom. The summed E-state index contributed by atoms with van der Waals surface area (Å²) in [4.78, 5) is 15.6. The summed E-state index contributed by atoms with van der Waals surface area (Å²) < 4.78 is 6.10.